The number of hydrogen-bond acceptors (Lipinski definition) is 6. The molecule has 1 saturated heterocycles. The zero-order valence-electron chi connectivity index (χ0n) is 14.9. The molecular formula is C18H20FN3O5S. The molecule has 1 amide bonds. The summed E-state index contributed by atoms with van der Waals surface area (Å²) in [5, 5.41) is 15.8. The molecule has 0 aliphatic carbocycles. The summed E-state index contributed by atoms with van der Waals surface area (Å²) >= 11 is 0. The second kappa shape index (κ2) is 7.28. The maximum Gasteiger partial charge on any atom is 0.273 e. The lowest BCUT2D eigenvalue weighted by Crippen LogP contribution is -2.25. The molecular weight excluding hydrogens is 389 g/mol. The van der Waals surface area contributed by atoms with Crippen LogP contribution in [0.15, 0.2) is 35.4 Å². The minimum absolute atomic E-state index is 0.0339. The first-order valence-corrected chi connectivity index (χ1v) is 10.4. The number of carbonyl (C=O) groups excluding carboxylic acids is 1. The van der Waals surface area contributed by atoms with Crippen molar-refractivity contribution < 1.29 is 27.4 Å². The molecule has 2 aromatic rings. The van der Waals surface area contributed by atoms with E-state index in [0.717, 1.165) is 38.1 Å². The molecule has 28 heavy (non-hydrogen) atoms. The highest BCUT2D eigenvalue weighted by Crippen LogP contribution is 2.31. The average molecular weight is 409 g/mol. The van der Waals surface area contributed by atoms with E-state index in [2.05, 4.69) is 10.6 Å². The van der Waals surface area contributed by atoms with E-state index in [1.54, 1.807) is 0 Å². The van der Waals surface area contributed by atoms with E-state index in [4.69, 9.17) is 4.74 Å². The van der Waals surface area contributed by atoms with Crippen LogP contribution in [0.5, 0.6) is 0 Å². The Bertz CT molecular complexity index is 1010. The average Bonchev–Trinajstić information content (AvgIpc) is 3.29. The van der Waals surface area contributed by atoms with E-state index in [9.17, 15) is 22.7 Å². The van der Waals surface area contributed by atoms with Gasteiger partial charge >= 0.3 is 0 Å². The van der Waals surface area contributed by atoms with E-state index in [1.165, 1.54) is 18.2 Å². The van der Waals surface area contributed by atoms with Crippen LogP contribution in [0.2, 0.25) is 0 Å². The highest BCUT2D eigenvalue weighted by molar-refractivity contribution is 7.90. The highest BCUT2D eigenvalue weighted by atomic mass is 32.2. The Labute approximate surface area is 161 Å². The molecule has 0 spiro atoms. The van der Waals surface area contributed by atoms with Gasteiger partial charge in [-0.2, -0.15) is 0 Å². The molecule has 3 heterocycles. The molecule has 1 fully saturated rings. The van der Waals surface area contributed by atoms with Gasteiger partial charge in [-0.15, -0.1) is 0 Å². The number of anilines is 1. The number of benzene rings is 1. The van der Waals surface area contributed by atoms with E-state index in [0.29, 0.717) is 16.1 Å². The highest BCUT2D eigenvalue weighted by Gasteiger charge is 2.31. The Balaban J connectivity index is 1.56. The molecule has 2 atom stereocenters. The summed E-state index contributed by atoms with van der Waals surface area (Å²) in [7, 11) is -4.15. The maximum absolute atomic E-state index is 13.5. The van der Waals surface area contributed by atoms with Crippen LogP contribution in [0.25, 0.3) is 0 Å². The van der Waals surface area contributed by atoms with Crippen LogP contribution in [0.3, 0.4) is 0 Å². The first-order valence-electron chi connectivity index (χ1n) is 8.98. The molecule has 2 aliphatic rings. The second-order valence-electron chi connectivity index (χ2n) is 6.83. The van der Waals surface area contributed by atoms with Gasteiger partial charge < -0.3 is 15.2 Å². The van der Waals surface area contributed by atoms with Crippen molar-refractivity contribution in [3.05, 3.63) is 47.5 Å². The van der Waals surface area contributed by atoms with Gasteiger partial charge in [0.25, 0.3) is 15.9 Å². The molecule has 1 aromatic heterocycles. The third kappa shape index (κ3) is 3.44. The lowest BCUT2D eigenvalue weighted by molar-refractivity contribution is 0.0918. The third-order valence-corrected chi connectivity index (χ3v) is 6.65. The lowest BCUT2D eigenvalue weighted by atomic mass is 10.1. The Hall–Kier alpha value is -2.27. The van der Waals surface area contributed by atoms with Crippen molar-refractivity contribution in [1.29, 1.82) is 0 Å². The van der Waals surface area contributed by atoms with Crippen LogP contribution in [0.4, 0.5) is 10.1 Å². The van der Waals surface area contributed by atoms with Gasteiger partial charge in [-0.05, 0) is 37.0 Å². The van der Waals surface area contributed by atoms with Gasteiger partial charge in [-0.3, -0.25) is 10.1 Å². The van der Waals surface area contributed by atoms with E-state index in [-0.39, 0.29) is 22.4 Å². The number of hydrogen-bond donors (Lipinski definition) is 3. The number of aliphatic hydroxyl groups is 1. The number of amides is 1. The number of halogens is 1. The minimum Gasteiger partial charge on any atom is -0.378 e. The number of nitrogens with one attached hydrogen (secondary N) is 2. The van der Waals surface area contributed by atoms with Crippen molar-refractivity contribution in [1.82, 2.24) is 9.29 Å². The SMILES string of the molecule is O=C1Nc2cc(C(O)NCC[C@@H]3CCCO3)ccc2S(=O)(=O)n2cc(F)cc21. The third-order valence-electron chi connectivity index (χ3n) is 4.92. The van der Waals surface area contributed by atoms with Gasteiger partial charge in [0.1, 0.15) is 22.6 Å². The Morgan fingerprint density at radius 2 is 2.21 bits per heavy atom. The normalized spacial score (nSPS) is 21.5. The molecule has 0 saturated carbocycles. The molecule has 3 N–H and O–H groups in total. The van der Waals surface area contributed by atoms with Crippen LogP contribution in [-0.2, 0) is 14.8 Å². The van der Waals surface area contributed by atoms with Crippen molar-refractivity contribution >= 4 is 21.6 Å². The maximum atomic E-state index is 13.5. The molecule has 10 heteroatoms. The van der Waals surface area contributed by atoms with Crippen LogP contribution >= 0.6 is 0 Å². The predicted octanol–water partition coefficient (Wildman–Crippen LogP) is 1.58. The van der Waals surface area contributed by atoms with E-state index >= 15 is 0 Å². The summed E-state index contributed by atoms with van der Waals surface area (Å²) < 4.78 is 45.2. The number of carbonyl (C=O) groups is 1. The fourth-order valence-corrected chi connectivity index (χ4v) is 4.95. The van der Waals surface area contributed by atoms with Gasteiger partial charge in [0.2, 0.25) is 0 Å². The lowest BCUT2D eigenvalue weighted by Gasteiger charge is -2.17. The Morgan fingerprint density at radius 1 is 1.39 bits per heavy atom. The number of rotatable bonds is 5. The number of aromatic nitrogens is 1. The standard InChI is InChI=1S/C18H20FN3O5S/c19-12-9-15-18(24)21-14-8-11(3-4-16(14)28(25,26)22(15)10-12)17(23)20-6-5-13-2-1-7-27-13/h3-4,8-10,13,17,20,23H,1-2,5-7H2,(H,21,24)/t13-,17?/m0/s1. The quantitative estimate of drug-likeness (QED) is 0.647. The molecule has 1 unspecified atom stereocenters. The Kier molecular flexibility index (Phi) is 4.96. The molecule has 1 aromatic carbocycles. The van der Waals surface area contributed by atoms with E-state index in [1.807, 2.05) is 0 Å². The zero-order chi connectivity index (χ0) is 19.9. The van der Waals surface area contributed by atoms with Crippen molar-refractivity contribution in [3.8, 4) is 0 Å². The van der Waals surface area contributed by atoms with Crippen LogP contribution in [-0.4, -0.2) is 42.7 Å². The molecule has 0 bridgehead atoms. The topological polar surface area (TPSA) is 110 Å². The molecule has 2 aliphatic heterocycles. The molecule has 150 valence electrons. The van der Waals surface area contributed by atoms with Gasteiger partial charge in [0.05, 0.1) is 18.0 Å². The summed E-state index contributed by atoms with van der Waals surface area (Å²) in [6.07, 6.45) is 2.71. The van der Waals surface area contributed by atoms with Crippen molar-refractivity contribution in [2.75, 3.05) is 18.5 Å². The summed E-state index contributed by atoms with van der Waals surface area (Å²) in [6, 6.07) is 5.01. The fourth-order valence-electron chi connectivity index (χ4n) is 3.48. The van der Waals surface area contributed by atoms with Gasteiger partial charge in [-0.25, -0.2) is 16.8 Å². The smallest absolute Gasteiger partial charge is 0.273 e. The van der Waals surface area contributed by atoms with E-state index < -0.39 is 28.0 Å². The molecule has 4 rings (SSSR count). The van der Waals surface area contributed by atoms with Crippen molar-refractivity contribution in [3.63, 3.8) is 0 Å². The van der Waals surface area contributed by atoms with Gasteiger partial charge in [0.15, 0.2) is 0 Å². The minimum atomic E-state index is -4.15. The fraction of sp³-hybridized carbons (Fsp3) is 0.389. The summed E-state index contributed by atoms with van der Waals surface area (Å²) in [4.78, 5) is 12.1. The first-order chi connectivity index (χ1) is 13.4. The summed E-state index contributed by atoms with van der Waals surface area (Å²) in [5.41, 5.74) is 0.122. The molecule has 0 radical (unpaired) electrons. The number of nitrogens with zero attached hydrogens (tertiary/aromatic N) is 1. The second-order valence-corrected chi connectivity index (χ2v) is 8.62. The number of fused-ring (bicyclic) bond motifs is 2. The summed E-state index contributed by atoms with van der Waals surface area (Å²) in [6.45, 7) is 1.29. The van der Waals surface area contributed by atoms with Crippen molar-refractivity contribution in [2.45, 2.75) is 36.5 Å². The summed E-state index contributed by atoms with van der Waals surface area (Å²) in [5.74, 6) is -1.57. The largest absolute Gasteiger partial charge is 0.378 e. The first kappa shape index (κ1) is 19.1. The zero-order valence-corrected chi connectivity index (χ0v) is 15.7. The van der Waals surface area contributed by atoms with Gasteiger partial charge in [-0.1, -0.05) is 6.07 Å². The van der Waals surface area contributed by atoms with Crippen LogP contribution in [0.1, 0.15) is 41.5 Å². The Morgan fingerprint density at radius 3 is 2.96 bits per heavy atom. The van der Waals surface area contributed by atoms with Crippen molar-refractivity contribution in [2.24, 2.45) is 0 Å². The predicted molar refractivity (Wildman–Crippen MR) is 97.9 cm³/mol. The monoisotopic (exact) mass is 409 g/mol. The number of aliphatic hydroxyl groups excluding tert-OH is 1. The van der Waals surface area contributed by atoms with Crippen LogP contribution < -0.4 is 10.6 Å². The van der Waals surface area contributed by atoms with Crippen LogP contribution in [0, 0.1) is 5.82 Å². The molecule has 8 nitrogen and oxygen atoms in total. The van der Waals surface area contributed by atoms with Gasteiger partial charge in [0, 0.05) is 19.2 Å². The number of ether oxygens (including phenoxy) is 1.